The average Bonchev–Trinajstić information content (AvgIpc) is 3.49. The molecule has 11 heteroatoms. The van der Waals surface area contributed by atoms with E-state index in [1.165, 1.54) is 22.3 Å². The number of ether oxygens (including phenoxy) is 1. The molecule has 2 N–H and O–H groups in total. The van der Waals surface area contributed by atoms with E-state index in [1.807, 2.05) is 38.3 Å². The molecule has 0 bridgehead atoms. The molecule has 0 radical (unpaired) electrons. The summed E-state index contributed by atoms with van der Waals surface area (Å²) in [7, 11) is 0. The number of amides is 3. The molecule has 0 atom stereocenters. The quantitative estimate of drug-likeness (QED) is 0.417. The number of thiophene rings is 1. The molecule has 180 valence electrons. The van der Waals surface area contributed by atoms with Crippen LogP contribution in [0.15, 0.2) is 46.2 Å². The van der Waals surface area contributed by atoms with E-state index in [4.69, 9.17) is 9.15 Å². The van der Waals surface area contributed by atoms with E-state index in [2.05, 4.69) is 20.8 Å². The van der Waals surface area contributed by atoms with Crippen molar-refractivity contribution in [3.8, 4) is 10.8 Å². The van der Waals surface area contributed by atoms with Gasteiger partial charge in [0, 0.05) is 12.6 Å². The van der Waals surface area contributed by atoms with Crippen LogP contribution in [-0.2, 0) is 16.1 Å². The van der Waals surface area contributed by atoms with Crippen LogP contribution in [0.4, 0.5) is 10.5 Å². The highest BCUT2D eigenvalue weighted by Crippen LogP contribution is 2.23. The summed E-state index contributed by atoms with van der Waals surface area (Å²) in [5.41, 5.74) is 0.434. The molecule has 0 aliphatic carbocycles. The number of aromatic nitrogens is 2. The first kappa shape index (κ1) is 24.9. The van der Waals surface area contributed by atoms with Gasteiger partial charge in [-0.2, -0.15) is 0 Å². The lowest BCUT2D eigenvalue weighted by Gasteiger charge is -2.20. The summed E-state index contributed by atoms with van der Waals surface area (Å²) in [6.45, 7) is 5.66. The molecule has 0 aliphatic heterocycles. The lowest BCUT2D eigenvalue weighted by molar-refractivity contribution is -0.135. The number of anilines is 1. The van der Waals surface area contributed by atoms with Gasteiger partial charge in [0.2, 0.25) is 5.89 Å². The predicted octanol–water partition coefficient (Wildman–Crippen LogP) is 3.92. The average molecular weight is 486 g/mol. The summed E-state index contributed by atoms with van der Waals surface area (Å²) in [4.78, 5) is 39.8. The second kappa shape index (κ2) is 11.9. The SMILES string of the molecule is CCCN(Cc1nnc(-c2cccs2)o1)C(=O)COC(=O)c1ccccc1NC(=O)NC(C)C. The predicted molar refractivity (Wildman–Crippen MR) is 127 cm³/mol. The molecule has 2 aromatic heterocycles. The lowest BCUT2D eigenvalue weighted by Crippen LogP contribution is -2.35. The van der Waals surface area contributed by atoms with Crippen molar-refractivity contribution in [3.63, 3.8) is 0 Å². The van der Waals surface area contributed by atoms with Gasteiger partial charge in [0.15, 0.2) is 6.61 Å². The van der Waals surface area contributed by atoms with Crippen LogP contribution in [0.3, 0.4) is 0 Å². The molecule has 34 heavy (non-hydrogen) atoms. The molecular weight excluding hydrogens is 458 g/mol. The molecule has 0 saturated carbocycles. The van der Waals surface area contributed by atoms with E-state index in [0.29, 0.717) is 24.7 Å². The number of urea groups is 1. The number of esters is 1. The van der Waals surface area contributed by atoms with E-state index in [-0.39, 0.29) is 23.8 Å². The molecule has 3 aromatic rings. The number of hydrogen-bond donors (Lipinski definition) is 2. The van der Waals surface area contributed by atoms with Gasteiger partial charge in [-0.25, -0.2) is 9.59 Å². The van der Waals surface area contributed by atoms with Crippen LogP contribution < -0.4 is 10.6 Å². The van der Waals surface area contributed by atoms with Gasteiger partial charge in [-0.15, -0.1) is 21.5 Å². The van der Waals surface area contributed by atoms with Crippen molar-refractivity contribution in [2.24, 2.45) is 0 Å². The van der Waals surface area contributed by atoms with Crippen LogP contribution in [-0.4, -0.2) is 52.2 Å². The fourth-order valence-electron chi connectivity index (χ4n) is 3.03. The van der Waals surface area contributed by atoms with Crippen molar-refractivity contribution < 1.29 is 23.5 Å². The van der Waals surface area contributed by atoms with E-state index >= 15 is 0 Å². The number of benzene rings is 1. The van der Waals surface area contributed by atoms with E-state index in [1.54, 1.807) is 18.2 Å². The Morgan fingerprint density at radius 2 is 1.94 bits per heavy atom. The van der Waals surface area contributed by atoms with Crippen LogP contribution in [0.2, 0.25) is 0 Å². The maximum atomic E-state index is 12.8. The third-order valence-corrected chi connectivity index (χ3v) is 5.37. The normalized spacial score (nSPS) is 10.7. The molecule has 1 aromatic carbocycles. The van der Waals surface area contributed by atoms with Gasteiger partial charge in [0.05, 0.1) is 22.7 Å². The fraction of sp³-hybridized carbons (Fsp3) is 0.348. The van der Waals surface area contributed by atoms with Crippen molar-refractivity contribution in [1.29, 1.82) is 0 Å². The van der Waals surface area contributed by atoms with Crippen LogP contribution in [0.5, 0.6) is 0 Å². The Balaban J connectivity index is 1.61. The van der Waals surface area contributed by atoms with Crippen LogP contribution >= 0.6 is 11.3 Å². The minimum Gasteiger partial charge on any atom is -0.452 e. The van der Waals surface area contributed by atoms with E-state index < -0.39 is 24.5 Å². The smallest absolute Gasteiger partial charge is 0.340 e. The molecule has 0 saturated heterocycles. The molecule has 0 fully saturated rings. The Hall–Kier alpha value is -3.73. The first-order valence-electron chi connectivity index (χ1n) is 10.8. The maximum absolute atomic E-state index is 12.8. The minimum absolute atomic E-state index is 0.0680. The zero-order chi connectivity index (χ0) is 24.5. The van der Waals surface area contributed by atoms with Crippen molar-refractivity contribution in [2.45, 2.75) is 39.8 Å². The van der Waals surface area contributed by atoms with Gasteiger partial charge in [-0.1, -0.05) is 25.1 Å². The largest absolute Gasteiger partial charge is 0.452 e. The number of para-hydroxylation sites is 1. The summed E-state index contributed by atoms with van der Waals surface area (Å²) in [6, 6.07) is 9.68. The molecular formula is C23H27N5O5S. The Morgan fingerprint density at radius 1 is 1.15 bits per heavy atom. The number of carbonyl (C=O) groups is 3. The highest BCUT2D eigenvalue weighted by Gasteiger charge is 2.21. The molecule has 0 spiro atoms. The topological polar surface area (TPSA) is 127 Å². The number of hydrogen-bond acceptors (Lipinski definition) is 8. The zero-order valence-corrected chi connectivity index (χ0v) is 20.1. The number of rotatable bonds is 10. The Labute approximate surface area is 201 Å². The van der Waals surface area contributed by atoms with Gasteiger partial charge >= 0.3 is 12.0 Å². The summed E-state index contributed by atoms with van der Waals surface area (Å²) < 4.78 is 10.9. The Morgan fingerprint density at radius 3 is 2.65 bits per heavy atom. The Kier molecular flexibility index (Phi) is 8.74. The van der Waals surface area contributed by atoms with Crippen molar-refractivity contribution >= 4 is 34.9 Å². The van der Waals surface area contributed by atoms with Crippen molar-refractivity contribution in [1.82, 2.24) is 20.4 Å². The van der Waals surface area contributed by atoms with Crippen molar-refractivity contribution in [2.75, 3.05) is 18.5 Å². The summed E-state index contributed by atoms with van der Waals surface area (Å²) in [5, 5.41) is 15.3. The van der Waals surface area contributed by atoms with Crippen LogP contribution in [0.1, 0.15) is 43.4 Å². The second-order valence-electron chi connectivity index (χ2n) is 7.67. The van der Waals surface area contributed by atoms with E-state index in [9.17, 15) is 14.4 Å². The van der Waals surface area contributed by atoms with Crippen molar-refractivity contribution in [3.05, 3.63) is 53.2 Å². The number of nitrogens with one attached hydrogen (secondary N) is 2. The molecule has 0 aliphatic rings. The Bertz CT molecular complexity index is 1110. The third-order valence-electron chi connectivity index (χ3n) is 4.51. The van der Waals surface area contributed by atoms with Crippen LogP contribution in [0, 0.1) is 0 Å². The summed E-state index contributed by atoms with van der Waals surface area (Å²) >= 11 is 1.48. The van der Waals surface area contributed by atoms with Crippen LogP contribution in [0.25, 0.3) is 10.8 Å². The number of nitrogens with zero attached hydrogens (tertiary/aromatic N) is 3. The first-order chi connectivity index (χ1) is 16.4. The maximum Gasteiger partial charge on any atom is 0.340 e. The zero-order valence-electron chi connectivity index (χ0n) is 19.2. The van der Waals surface area contributed by atoms with Gasteiger partial charge < -0.3 is 24.7 Å². The standard InChI is InChI=1S/C23H27N5O5S/c1-4-11-28(13-19-26-27-21(33-19)18-10-7-12-34-18)20(29)14-32-22(30)16-8-5-6-9-17(16)25-23(31)24-15(2)3/h5-10,12,15H,4,11,13-14H2,1-3H3,(H2,24,25,31). The summed E-state index contributed by atoms with van der Waals surface area (Å²) in [5.74, 6) is -0.426. The molecule has 3 rings (SSSR count). The monoisotopic (exact) mass is 485 g/mol. The lowest BCUT2D eigenvalue weighted by atomic mass is 10.2. The molecule has 2 heterocycles. The van der Waals surface area contributed by atoms with E-state index in [0.717, 1.165) is 4.88 Å². The highest BCUT2D eigenvalue weighted by molar-refractivity contribution is 7.13. The molecule has 0 unspecified atom stereocenters. The molecule has 10 nitrogen and oxygen atoms in total. The fourth-order valence-corrected chi connectivity index (χ4v) is 3.67. The summed E-state index contributed by atoms with van der Waals surface area (Å²) in [6.07, 6.45) is 0.698. The first-order valence-corrected chi connectivity index (χ1v) is 11.7. The second-order valence-corrected chi connectivity index (χ2v) is 8.62. The third kappa shape index (κ3) is 6.88. The van der Waals surface area contributed by atoms with Gasteiger partial charge in [-0.05, 0) is 43.8 Å². The minimum atomic E-state index is -0.719. The van der Waals surface area contributed by atoms with Gasteiger partial charge in [-0.3, -0.25) is 4.79 Å². The highest BCUT2D eigenvalue weighted by atomic mass is 32.1. The molecule has 3 amide bonds. The van der Waals surface area contributed by atoms with Gasteiger partial charge in [0.1, 0.15) is 0 Å². The van der Waals surface area contributed by atoms with Gasteiger partial charge in [0.25, 0.3) is 11.8 Å². The number of carbonyl (C=O) groups excluding carboxylic acids is 3.